The molecule has 1 atom stereocenters. The number of phenols is 1. The number of ether oxygens (including phenoxy) is 1. The number of hydrogen-bond donors (Lipinski definition) is 1. The molecular formula is C17H16O3. The lowest BCUT2D eigenvalue weighted by Crippen LogP contribution is -2.08. The van der Waals surface area contributed by atoms with Crippen molar-refractivity contribution in [2.45, 2.75) is 25.4 Å². The summed E-state index contributed by atoms with van der Waals surface area (Å²) in [7, 11) is 0. The van der Waals surface area contributed by atoms with Crippen LogP contribution in [-0.2, 0) is 16.0 Å². The number of esters is 1. The number of rotatable bonds is 3. The minimum Gasteiger partial charge on any atom is -0.507 e. The highest BCUT2D eigenvalue weighted by Crippen LogP contribution is 2.29. The minimum absolute atomic E-state index is 0.0671. The summed E-state index contributed by atoms with van der Waals surface area (Å²) >= 11 is 0. The Morgan fingerprint density at radius 2 is 1.95 bits per heavy atom. The molecule has 20 heavy (non-hydrogen) atoms. The van der Waals surface area contributed by atoms with Crippen LogP contribution in [0, 0.1) is 0 Å². The fourth-order valence-corrected chi connectivity index (χ4v) is 2.68. The summed E-state index contributed by atoms with van der Waals surface area (Å²) in [5.41, 5.74) is 1.72. The first-order chi connectivity index (χ1) is 9.65. The van der Waals surface area contributed by atoms with Crippen LogP contribution in [-0.4, -0.2) is 17.2 Å². The van der Waals surface area contributed by atoms with Crippen molar-refractivity contribution in [2.24, 2.45) is 0 Å². The summed E-state index contributed by atoms with van der Waals surface area (Å²) in [5, 5.41) is 11.8. The fourth-order valence-electron chi connectivity index (χ4n) is 2.68. The Kier molecular flexibility index (Phi) is 3.18. The summed E-state index contributed by atoms with van der Waals surface area (Å²) < 4.78 is 5.24. The van der Waals surface area contributed by atoms with Crippen molar-refractivity contribution >= 4 is 16.7 Å². The number of carbonyl (C=O) groups excluding carboxylic acids is 1. The van der Waals surface area contributed by atoms with Crippen molar-refractivity contribution in [2.75, 3.05) is 0 Å². The van der Waals surface area contributed by atoms with E-state index in [0.717, 1.165) is 29.2 Å². The van der Waals surface area contributed by atoms with Gasteiger partial charge in [-0.05, 0) is 29.9 Å². The summed E-state index contributed by atoms with van der Waals surface area (Å²) in [4.78, 5) is 11.3. The molecule has 0 bridgehead atoms. The van der Waals surface area contributed by atoms with E-state index in [9.17, 15) is 9.90 Å². The third kappa shape index (κ3) is 2.27. The maximum absolute atomic E-state index is 11.3. The van der Waals surface area contributed by atoms with Crippen molar-refractivity contribution in [3.8, 4) is 5.75 Å². The second-order valence-corrected chi connectivity index (χ2v) is 5.16. The Morgan fingerprint density at radius 3 is 2.65 bits per heavy atom. The third-order valence-electron chi connectivity index (χ3n) is 3.76. The Balaban J connectivity index is 1.80. The summed E-state index contributed by atoms with van der Waals surface area (Å²) in [6.07, 6.45) is 2.14. The number of aryl methyl sites for hydroxylation is 1. The second kappa shape index (κ2) is 5.00. The van der Waals surface area contributed by atoms with Crippen molar-refractivity contribution in [1.29, 1.82) is 0 Å². The number of aromatic hydroxyl groups is 1. The fraction of sp³-hybridized carbons (Fsp3) is 0.235. The van der Waals surface area contributed by atoms with Crippen LogP contribution in [0.2, 0.25) is 0 Å². The van der Waals surface area contributed by atoms with Crippen LogP contribution < -0.4 is 0 Å². The number of benzene rings is 2. The van der Waals surface area contributed by atoms with Crippen LogP contribution >= 0.6 is 0 Å². The number of carbonyl (C=O) groups is 1. The molecule has 0 amide bonds. The van der Waals surface area contributed by atoms with Crippen LogP contribution in [0.4, 0.5) is 0 Å². The molecule has 0 radical (unpaired) electrons. The first-order valence-corrected chi connectivity index (χ1v) is 6.73. The second-order valence-electron chi connectivity index (χ2n) is 5.16. The largest absolute Gasteiger partial charge is 0.507 e. The van der Waals surface area contributed by atoms with Crippen molar-refractivity contribution in [1.82, 2.24) is 0 Å². The van der Waals surface area contributed by atoms with E-state index in [2.05, 4.69) is 6.58 Å². The van der Waals surface area contributed by atoms with Crippen LogP contribution in [0.5, 0.6) is 5.75 Å². The van der Waals surface area contributed by atoms with E-state index in [-0.39, 0.29) is 12.1 Å². The predicted octanol–water partition coefficient (Wildman–Crippen LogP) is 3.35. The molecule has 1 unspecified atom stereocenters. The highest BCUT2D eigenvalue weighted by Gasteiger charge is 2.26. The van der Waals surface area contributed by atoms with E-state index < -0.39 is 0 Å². The molecule has 102 valence electrons. The van der Waals surface area contributed by atoms with Gasteiger partial charge in [-0.1, -0.05) is 36.9 Å². The number of phenolic OH excluding ortho intramolecular Hbond substituents is 1. The van der Waals surface area contributed by atoms with Gasteiger partial charge in [-0.2, -0.15) is 0 Å². The van der Waals surface area contributed by atoms with Gasteiger partial charge in [-0.3, -0.25) is 0 Å². The molecule has 1 heterocycles. The Hall–Kier alpha value is -2.29. The smallest absolute Gasteiger partial charge is 0.333 e. The monoisotopic (exact) mass is 268 g/mol. The van der Waals surface area contributed by atoms with Crippen molar-refractivity contribution in [3.63, 3.8) is 0 Å². The highest BCUT2D eigenvalue weighted by molar-refractivity contribution is 5.91. The molecule has 1 saturated heterocycles. The molecule has 3 nitrogen and oxygen atoms in total. The van der Waals surface area contributed by atoms with Gasteiger partial charge in [-0.25, -0.2) is 4.79 Å². The molecular weight excluding hydrogens is 252 g/mol. The lowest BCUT2D eigenvalue weighted by Gasteiger charge is -2.11. The normalized spacial score (nSPS) is 18.5. The van der Waals surface area contributed by atoms with Crippen LogP contribution in [0.25, 0.3) is 10.8 Å². The maximum atomic E-state index is 11.3. The van der Waals surface area contributed by atoms with Gasteiger partial charge in [0.2, 0.25) is 0 Å². The van der Waals surface area contributed by atoms with Gasteiger partial charge >= 0.3 is 5.97 Å². The number of hydrogen-bond acceptors (Lipinski definition) is 3. The van der Waals surface area contributed by atoms with Crippen LogP contribution in [0.15, 0.2) is 48.6 Å². The Labute approximate surface area is 117 Å². The van der Waals surface area contributed by atoms with Crippen LogP contribution in [0.3, 0.4) is 0 Å². The summed E-state index contributed by atoms with van der Waals surface area (Å²) in [6, 6.07) is 11.4. The van der Waals surface area contributed by atoms with Gasteiger partial charge in [0.05, 0.1) is 0 Å². The van der Waals surface area contributed by atoms with E-state index in [4.69, 9.17) is 4.74 Å². The molecule has 3 heteroatoms. The topological polar surface area (TPSA) is 46.5 Å². The molecule has 2 aromatic carbocycles. The standard InChI is InChI=1S/C17H16O3/c1-11-10-13(20-17(11)19)8-6-12-7-9-16(18)15-5-3-2-4-14(12)15/h2-5,7,9,13,18H,1,6,8,10H2. The van der Waals surface area contributed by atoms with Gasteiger partial charge in [0.15, 0.2) is 0 Å². The quantitative estimate of drug-likeness (QED) is 0.686. The average Bonchev–Trinajstić information content (AvgIpc) is 2.77. The molecule has 1 aliphatic rings. The molecule has 0 saturated carbocycles. The molecule has 1 N–H and O–H groups in total. The van der Waals surface area contributed by atoms with Crippen molar-refractivity contribution in [3.05, 3.63) is 54.1 Å². The molecule has 3 rings (SSSR count). The summed E-state index contributed by atoms with van der Waals surface area (Å²) in [5.74, 6) is 0.0237. The zero-order valence-corrected chi connectivity index (χ0v) is 11.1. The van der Waals surface area contributed by atoms with Gasteiger partial charge in [0.1, 0.15) is 11.9 Å². The van der Waals surface area contributed by atoms with Gasteiger partial charge in [0, 0.05) is 17.4 Å². The van der Waals surface area contributed by atoms with Gasteiger partial charge in [0.25, 0.3) is 0 Å². The number of fused-ring (bicyclic) bond motifs is 1. The predicted molar refractivity (Wildman–Crippen MR) is 77.6 cm³/mol. The SMILES string of the molecule is C=C1CC(CCc2ccc(O)c3ccccc23)OC1=O. The first kappa shape index (κ1) is 12.7. The van der Waals surface area contributed by atoms with E-state index in [1.165, 1.54) is 0 Å². The van der Waals surface area contributed by atoms with E-state index in [1.54, 1.807) is 6.07 Å². The van der Waals surface area contributed by atoms with Gasteiger partial charge < -0.3 is 9.84 Å². The Morgan fingerprint density at radius 1 is 1.20 bits per heavy atom. The average molecular weight is 268 g/mol. The van der Waals surface area contributed by atoms with E-state index in [0.29, 0.717) is 17.7 Å². The molecule has 1 aliphatic heterocycles. The zero-order chi connectivity index (χ0) is 14.1. The maximum Gasteiger partial charge on any atom is 0.333 e. The molecule has 1 fully saturated rings. The molecule has 0 aliphatic carbocycles. The lowest BCUT2D eigenvalue weighted by atomic mass is 9.98. The highest BCUT2D eigenvalue weighted by atomic mass is 16.5. The summed E-state index contributed by atoms with van der Waals surface area (Å²) in [6.45, 7) is 3.69. The van der Waals surface area contributed by atoms with Crippen LogP contribution in [0.1, 0.15) is 18.4 Å². The minimum atomic E-state index is -0.273. The van der Waals surface area contributed by atoms with Gasteiger partial charge in [-0.15, -0.1) is 0 Å². The third-order valence-corrected chi connectivity index (χ3v) is 3.76. The molecule has 2 aromatic rings. The zero-order valence-electron chi connectivity index (χ0n) is 11.1. The molecule has 0 aromatic heterocycles. The van der Waals surface area contributed by atoms with Crippen molar-refractivity contribution < 1.29 is 14.6 Å². The van der Waals surface area contributed by atoms with E-state index in [1.807, 2.05) is 30.3 Å². The van der Waals surface area contributed by atoms with E-state index >= 15 is 0 Å². The Bertz CT molecular complexity index is 672. The first-order valence-electron chi connectivity index (χ1n) is 6.73. The number of cyclic esters (lactones) is 1. The lowest BCUT2D eigenvalue weighted by molar-refractivity contribution is -0.138. The molecule has 0 spiro atoms.